The number of aromatic nitrogens is 1. The average molecular weight is 454 g/mol. The van der Waals surface area contributed by atoms with Gasteiger partial charge in [-0.3, -0.25) is 9.36 Å². The molecule has 3 aromatic rings. The van der Waals surface area contributed by atoms with Crippen molar-refractivity contribution >= 4 is 40.4 Å². The summed E-state index contributed by atoms with van der Waals surface area (Å²) in [5.41, 5.74) is 0.528. The van der Waals surface area contributed by atoms with E-state index in [4.69, 9.17) is 16.0 Å². The number of benzene rings is 2. The number of carbonyl (C=O) groups is 1. The molecule has 0 saturated carbocycles. The van der Waals surface area contributed by atoms with Crippen LogP contribution in [-0.4, -0.2) is 36.0 Å². The van der Waals surface area contributed by atoms with Crippen molar-refractivity contribution in [3.05, 3.63) is 69.2 Å². The Kier molecular flexibility index (Phi) is 6.56. The van der Waals surface area contributed by atoms with Crippen molar-refractivity contribution in [3.63, 3.8) is 0 Å². The first-order valence-corrected chi connectivity index (χ1v) is 9.56. The number of alkyl halides is 3. The van der Waals surface area contributed by atoms with Crippen LogP contribution < -0.4 is 11.1 Å². The highest BCUT2D eigenvalue weighted by molar-refractivity contribution is 6.31. The molecule has 0 aliphatic heterocycles. The predicted octanol–water partition coefficient (Wildman–Crippen LogP) is 4.48. The lowest BCUT2D eigenvalue weighted by atomic mass is 10.1. The van der Waals surface area contributed by atoms with Crippen molar-refractivity contribution in [1.29, 1.82) is 0 Å². The van der Waals surface area contributed by atoms with Gasteiger partial charge < -0.3 is 14.6 Å². The van der Waals surface area contributed by atoms with Crippen LogP contribution in [0.2, 0.25) is 5.02 Å². The first-order valence-electron chi connectivity index (χ1n) is 9.18. The Morgan fingerprint density at radius 3 is 2.65 bits per heavy atom. The largest absolute Gasteiger partial charge is 0.419 e. The molecular formula is C21H19ClF3N3O3. The number of rotatable bonds is 6. The molecule has 0 spiro atoms. The molecule has 164 valence electrons. The van der Waals surface area contributed by atoms with E-state index in [0.717, 1.165) is 18.2 Å². The number of amides is 1. The molecule has 0 unspecified atom stereocenters. The van der Waals surface area contributed by atoms with Crippen LogP contribution in [0.5, 0.6) is 0 Å². The van der Waals surface area contributed by atoms with E-state index in [0.29, 0.717) is 29.9 Å². The van der Waals surface area contributed by atoms with Gasteiger partial charge in [0.25, 0.3) is 0 Å². The summed E-state index contributed by atoms with van der Waals surface area (Å²) in [5, 5.41) is 2.21. The molecule has 1 amide bonds. The lowest BCUT2D eigenvalue weighted by Gasteiger charge is -2.10. The molecular weight excluding hydrogens is 435 g/mol. The van der Waals surface area contributed by atoms with Crippen molar-refractivity contribution < 1.29 is 22.4 Å². The summed E-state index contributed by atoms with van der Waals surface area (Å²) in [6.45, 7) is 1.03. The molecule has 0 bridgehead atoms. The fraction of sp³-hybridized carbons (Fsp3) is 0.238. The molecule has 0 fully saturated rings. The SMILES string of the molecule is CN(C)CCn1c(=O)oc2ccc(NC(=O)/C=C/c3ccc(Cl)c(C(F)(F)F)c3)cc21. The third kappa shape index (κ3) is 5.56. The maximum atomic E-state index is 13.0. The molecule has 31 heavy (non-hydrogen) atoms. The zero-order valence-electron chi connectivity index (χ0n) is 16.7. The Hall–Kier alpha value is -3.04. The van der Waals surface area contributed by atoms with Gasteiger partial charge in [0, 0.05) is 24.9 Å². The molecule has 0 aliphatic rings. The highest BCUT2D eigenvalue weighted by Crippen LogP contribution is 2.35. The zero-order valence-corrected chi connectivity index (χ0v) is 17.4. The molecule has 1 N–H and O–H groups in total. The smallest absolute Gasteiger partial charge is 0.408 e. The summed E-state index contributed by atoms with van der Waals surface area (Å²) in [6, 6.07) is 8.11. The molecule has 1 heterocycles. The third-order valence-corrected chi connectivity index (χ3v) is 4.76. The molecule has 0 aliphatic carbocycles. The molecule has 3 rings (SSSR count). The summed E-state index contributed by atoms with van der Waals surface area (Å²) < 4.78 is 45.5. The van der Waals surface area contributed by atoms with Crippen LogP contribution in [0.25, 0.3) is 17.2 Å². The fourth-order valence-corrected chi connectivity index (χ4v) is 3.10. The van der Waals surface area contributed by atoms with Crippen molar-refractivity contribution in [2.45, 2.75) is 12.7 Å². The van der Waals surface area contributed by atoms with Crippen LogP contribution in [0, 0.1) is 0 Å². The van der Waals surface area contributed by atoms with E-state index in [1.807, 2.05) is 19.0 Å². The summed E-state index contributed by atoms with van der Waals surface area (Å²) >= 11 is 5.59. The first-order chi connectivity index (χ1) is 14.5. The maximum Gasteiger partial charge on any atom is 0.419 e. The van der Waals surface area contributed by atoms with Crippen molar-refractivity contribution in [2.75, 3.05) is 26.0 Å². The van der Waals surface area contributed by atoms with E-state index in [2.05, 4.69) is 5.32 Å². The van der Waals surface area contributed by atoms with E-state index < -0.39 is 28.4 Å². The number of nitrogens with one attached hydrogen (secondary N) is 1. The summed E-state index contributed by atoms with van der Waals surface area (Å²) in [6.07, 6.45) is -2.22. The molecule has 0 radical (unpaired) electrons. The first kappa shape index (κ1) is 22.6. The minimum Gasteiger partial charge on any atom is -0.408 e. The Morgan fingerprint density at radius 2 is 1.97 bits per heavy atom. The van der Waals surface area contributed by atoms with Crippen molar-refractivity contribution in [3.8, 4) is 0 Å². The fourth-order valence-electron chi connectivity index (χ4n) is 2.87. The van der Waals surface area contributed by atoms with Gasteiger partial charge in [0.15, 0.2) is 5.58 Å². The molecule has 0 saturated heterocycles. The van der Waals surface area contributed by atoms with Gasteiger partial charge >= 0.3 is 11.9 Å². The van der Waals surface area contributed by atoms with Crippen LogP contribution in [0.3, 0.4) is 0 Å². The number of nitrogens with zero attached hydrogens (tertiary/aromatic N) is 2. The van der Waals surface area contributed by atoms with Crippen LogP contribution in [0.15, 0.2) is 51.7 Å². The summed E-state index contributed by atoms with van der Waals surface area (Å²) in [7, 11) is 3.76. The van der Waals surface area contributed by atoms with Crippen molar-refractivity contribution in [1.82, 2.24) is 9.47 Å². The van der Waals surface area contributed by atoms with Crippen LogP contribution in [-0.2, 0) is 17.5 Å². The standard InChI is InChI=1S/C21H19ClF3N3O3/c1-27(2)9-10-28-17-12-14(5-7-18(17)31-20(28)30)26-19(29)8-4-13-3-6-16(22)15(11-13)21(23,24)25/h3-8,11-12H,9-10H2,1-2H3,(H,26,29)/b8-4+. The number of oxazole rings is 1. The normalized spacial score (nSPS) is 12.2. The van der Waals surface area contributed by atoms with E-state index in [9.17, 15) is 22.8 Å². The minimum absolute atomic E-state index is 0.176. The average Bonchev–Trinajstić information content (AvgIpc) is 2.99. The lowest BCUT2D eigenvalue weighted by molar-refractivity contribution is -0.137. The number of carbonyl (C=O) groups excluding carboxylic acids is 1. The van der Waals surface area contributed by atoms with Gasteiger partial charge in [0.2, 0.25) is 5.91 Å². The molecule has 10 heteroatoms. The Morgan fingerprint density at radius 1 is 1.23 bits per heavy atom. The van der Waals surface area contributed by atoms with Crippen molar-refractivity contribution in [2.24, 2.45) is 0 Å². The lowest BCUT2D eigenvalue weighted by Crippen LogP contribution is -2.23. The van der Waals surface area contributed by atoms with E-state index in [1.165, 1.54) is 16.7 Å². The molecule has 1 aromatic heterocycles. The molecule has 6 nitrogen and oxygen atoms in total. The topological polar surface area (TPSA) is 67.5 Å². The van der Waals surface area contributed by atoms with Crippen LogP contribution in [0.4, 0.5) is 18.9 Å². The van der Waals surface area contributed by atoms with Gasteiger partial charge in [-0.25, -0.2) is 4.79 Å². The van der Waals surface area contributed by atoms with E-state index >= 15 is 0 Å². The van der Waals surface area contributed by atoms with Crippen LogP contribution >= 0.6 is 11.6 Å². The Labute approximate surface area is 180 Å². The number of fused-ring (bicyclic) bond motifs is 1. The number of hydrogen-bond acceptors (Lipinski definition) is 4. The zero-order chi connectivity index (χ0) is 22.8. The Bertz CT molecular complexity index is 1200. The Balaban J connectivity index is 1.77. The van der Waals surface area contributed by atoms with Gasteiger partial charge in [-0.1, -0.05) is 17.7 Å². The highest BCUT2D eigenvalue weighted by Gasteiger charge is 2.33. The summed E-state index contributed by atoms with van der Waals surface area (Å²) in [5.74, 6) is -1.04. The predicted molar refractivity (Wildman–Crippen MR) is 113 cm³/mol. The number of halogens is 4. The van der Waals surface area contributed by atoms with E-state index in [1.54, 1.807) is 18.2 Å². The summed E-state index contributed by atoms with van der Waals surface area (Å²) in [4.78, 5) is 26.2. The van der Waals surface area contributed by atoms with Gasteiger partial charge in [-0.2, -0.15) is 13.2 Å². The molecule has 2 aromatic carbocycles. The second-order valence-electron chi connectivity index (χ2n) is 7.07. The highest BCUT2D eigenvalue weighted by atomic mass is 35.5. The number of likely N-dealkylation sites (N-methyl/N-ethyl adjacent to an activating group) is 1. The number of anilines is 1. The monoisotopic (exact) mass is 453 g/mol. The van der Waals surface area contributed by atoms with Crippen LogP contribution in [0.1, 0.15) is 11.1 Å². The quantitative estimate of drug-likeness (QED) is 0.559. The minimum atomic E-state index is -4.59. The number of hydrogen-bond donors (Lipinski definition) is 1. The third-order valence-electron chi connectivity index (χ3n) is 4.43. The second-order valence-corrected chi connectivity index (χ2v) is 7.47. The maximum absolute atomic E-state index is 13.0. The van der Waals surface area contributed by atoms with Gasteiger partial charge in [-0.05, 0) is 56.1 Å². The van der Waals surface area contributed by atoms with E-state index in [-0.39, 0.29) is 5.56 Å². The second kappa shape index (κ2) is 8.99. The molecule has 0 atom stereocenters. The van der Waals surface area contributed by atoms with Gasteiger partial charge in [0.1, 0.15) is 0 Å². The van der Waals surface area contributed by atoms with Gasteiger partial charge in [-0.15, -0.1) is 0 Å². The van der Waals surface area contributed by atoms with Gasteiger partial charge in [0.05, 0.1) is 16.1 Å².